The van der Waals surface area contributed by atoms with E-state index in [0.29, 0.717) is 6.61 Å². The molecule has 0 saturated heterocycles. The van der Waals surface area contributed by atoms with E-state index < -0.39 is 0 Å². The van der Waals surface area contributed by atoms with E-state index in [4.69, 9.17) is 4.74 Å². The molecule has 3 heteroatoms. The van der Waals surface area contributed by atoms with E-state index in [9.17, 15) is 0 Å². The molecule has 0 saturated carbocycles. The largest absolute Gasteiger partial charge is 0.493 e. The third kappa shape index (κ3) is 3.10. The SMILES string of the molecule is Cc1cc2ncn(CCCOc3cccc4ccccc34)c2cc1C. The minimum Gasteiger partial charge on any atom is -0.493 e. The highest BCUT2D eigenvalue weighted by atomic mass is 16.5. The molecule has 3 aromatic carbocycles. The summed E-state index contributed by atoms with van der Waals surface area (Å²) < 4.78 is 8.26. The molecule has 126 valence electrons. The zero-order valence-electron chi connectivity index (χ0n) is 14.7. The van der Waals surface area contributed by atoms with Crippen LogP contribution in [0.3, 0.4) is 0 Å². The first-order valence-electron chi connectivity index (χ1n) is 8.75. The molecule has 3 nitrogen and oxygen atoms in total. The van der Waals surface area contributed by atoms with Gasteiger partial charge in [0.25, 0.3) is 0 Å². The van der Waals surface area contributed by atoms with Gasteiger partial charge in [0, 0.05) is 11.9 Å². The summed E-state index contributed by atoms with van der Waals surface area (Å²) in [6, 6.07) is 18.9. The van der Waals surface area contributed by atoms with Crippen molar-refractivity contribution in [1.29, 1.82) is 0 Å². The highest BCUT2D eigenvalue weighted by molar-refractivity contribution is 5.88. The molecular weight excluding hydrogens is 308 g/mol. The normalized spacial score (nSPS) is 11.3. The molecule has 0 aliphatic heterocycles. The van der Waals surface area contributed by atoms with Gasteiger partial charge in [0.15, 0.2) is 0 Å². The summed E-state index contributed by atoms with van der Waals surface area (Å²) in [5.41, 5.74) is 4.87. The van der Waals surface area contributed by atoms with Crippen LogP contribution in [0.15, 0.2) is 60.9 Å². The maximum atomic E-state index is 6.04. The fourth-order valence-corrected chi connectivity index (χ4v) is 3.23. The summed E-state index contributed by atoms with van der Waals surface area (Å²) in [5, 5.41) is 2.38. The zero-order valence-corrected chi connectivity index (χ0v) is 14.7. The second kappa shape index (κ2) is 6.60. The molecule has 1 aromatic heterocycles. The zero-order chi connectivity index (χ0) is 17.2. The third-order valence-corrected chi connectivity index (χ3v) is 4.79. The number of imidazole rings is 1. The Balaban J connectivity index is 1.44. The van der Waals surface area contributed by atoms with Gasteiger partial charge in [-0.25, -0.2) is 4.98 Å². The Morgan fingerprint density at radius 1 is 0.960 bits per heavy atom. The number of nitrogens with zero attached hydrogens (tertiary/aromatic N) is 2. The van der Waals surface area contributed by atoms with Gasteiger partial charge in [0.1, 0.15) is 5.75 Å². The smallest absolute Gasteiger partial charge is 0.127 e. The van der Waals surface area contributed by atoms with Crippen molar-refractivity contribution in [2.45, 2.75) is 26.8 Å². The molecule has 0 aliphatic rings. The van der Waals surface area contributed by atoms with Crippen LogP contribution < -0.4 is 4.74 Å². The van der Waals surface area contributed by atoms with Gasteiger partial charge in [-0.15, -0.1) is 0 Å². The summed E-state index contributed by atoms with van der Waals surface area (Å²) in [7, 11) is 0. The van der Waals surface area contributed by atoms with Crippen molar-refractivity contribution < 1.29 is 4.74 Å². The summed E-state index contributed by atoms with van der Waals surface area (Å²) in [5.74, 6) is 0.958. The van der Waals surface area contributed by atoms with Crippen molar-refractivity contribution in [2.24, 2.45) is 0 Å². The van der Waals surface area contributed by atoms with Gasteiger partial charge in [-0.2, -0.15) is 0 Å². The third-order valence-electron chi connectivity index (χ3n) is 4.79. The molecule has 0 N–H and O–H groups in total. The lowest BCUT2D eigenvalue weighted by Gasteiger charge is -2.10. The molecule has 4 aromatic rings. The first kappa shape index (κ1) is 15.7. The van der Waals surface area contributed by atoms with Crippen molar-refractivity contribution in [2.75, 3.05) is 6.61 Å². The summed E-state index contributed by atoms with van der Waals surface area (Å²) >= 11 is 0. The Bertz CT molecular complexity index is 1030. The fraction of sp³-hybridized carbons (Fsp3) is 0.227. The van der Waals surface area contributed by atoms with Crippen LogP contribution in [0.5, 0.6) is 5.75 Å². The molecule has 0 unspecified atom stereocenters. The standard InChI is InChI=1S/C22H22N2O/c1-16-13-20-21(14-17(16)2)24(15-23-20)11-6-12-25-22-10-5-8-18-7-3-4-9-19(18)22/h3-5,7-10,13-15H,6,11-12H2,1-2H3. The molecule has 0 amide bonds. The lowest BCUT2D eigenvalue weighted by Crippen LogP contribution is -2.04. The summed E-state index contributed by atoms with van der Waals surface area (Å²) in [6.07, 6.45) is 2.88. The van der Waals surface area contributed by atoms with E-state index in [1.165, 1.54) is 27.4 Å². The maximum absolute atomic E-state index is 6.04. The Morgan fingerprint density at radius 3 is 2.68 bits per heavy atom. The van der Waals surface area contributed by atoms with E-state index in [-0.39, 0.29) is 0 Å². The first-order valence-corrected chi connectivity index (χ1v) is 8.75. The molecule has 0 fully saturated rings. The van der Waals surface area contributed by atoms with Crippen LogP contribution in [0.1, 0.15) is 17.5 Å². The first-order chi connectivity index (χ1) is 12.2. The number of aromatic nitrogens is 2. The van der Waals surface area contributed by atoms with Crippen LogP contribution in [0.2, 0.25) is 0 Å². The molecule has 0 spiro atoms. The predicted molar refractivity (Wildman–Crippen MR) is 103 cm³/mol. The summed E-state index contributed by atoms with van der Waals surface area (Å²) in [4.78, 5) is 4.52. The van der Waals surface area contributed by atoms with Crippen LogP contribution in [0.25, 0.3) is 21.8 Å². The molecule has 0 atom stereocenters. The van der Waals surface area contributed by atoms with Crippen LogP contribution in [-0.4, -0.2) is 16.2 Å². The van der Waals surface area contributed by atoms with E-state index in [1.54, 1.807) is 0 Å². The molecule has 0 bridgehead atoms. The number of hydrogen-bond donors (Lipinski definition) is 0. The van der Waals surface area contributed by atoms with Crippen LogP contribution in [-0.2, 0) is 6.54 Å². The number of benzene rings is 3. The lowest BCUT2D eigenvalue weighted by atomic mass is 10.1. The Labute approximate surface area is 147 Å². The monoisotopic (exact) mass is 330 g/mol. The van der Waals surface area contributed by atoms with E-state index >= 15 is 0 Å². The van der Waals surface area contributed by atoms with E-state index in [0.717, 1.165) is 24.2 Å². The molecule has 0 radical (unpaired) electrons. The quantitative estimate of drug-likeness (QED) is 0.466. The minimum absolute atomic E-state index is 0.693. The van der Waals surface area contributed by atoms with Gasteiger partial charge in [0.05, 0.1) is 24.0 Å². The van der Waals surface area contributed by atoms with Crippen LogP contribution >= 0.6 is 0 Å². The van der Waals surface area contributed by atoms with E-state index in [2.05, 4.69) is 65.9 Å². The maximum Gasteiger partial charge on any atom is 0.127 e. The lowest BCUT2D eigenvalue weighted by molar-refractivity contribution is 0.306. The average Bonchev–Trinajstić information content (AvgIpc) is 3.01. The number of fused-ring (bicyclic) bond motifs is 2. The average molecular weight is 330 g/mol. The topological polar surface area (TPSA) is 27.1 Å². The molecule has 1 heterocycles. The van der Waals surface area contributed by atoms with Crippen LogP contribution in [0.4, 0.5) is 0 Å². The number of aryl methyl sites for hydroxylation is 3. The molecule has 4 rings (SSSR count). The Hall–Kier alpha value is -2.81. The van der Waals surface area contributed by atoms with Crippen molar-refractivity contribution in [1.82, 2.24) is 9.55 Å². The van der Waals surface area contributed by atoms with E-state index in [1.807, 2.05) is 18.5 Å². The molecular formula is C22H22N2O. The van der Waals surface area contributed by atoms with Gasteiger partial charge in [0.2, 0.25) is 0 Å². The van der Waals surface area contributed by atoms with Gasteiger partial charge < -0.3 is 9.30 Å². The van der Waals surface area contributed by atoms with Crippen molar-refractivity contribution >= 4 is 21.8 Å². The second-order valence-electron chi connectivity index (χ2n) is 6.54. The number of hydrogen-bond acceptors (Lipinski definition) is 2. The highest BCUT2D eigenvalue weighted by Gasteiger charge is 2.05. The van der Waals surface area contributed by atoms with Crippen LogP contribution in [0, 0.1) is 13.8 Å². The van der Waals surface area contributed by atoms with Crippen molar-refractivity contribution in [3.8, 4) is 5.75 Å². The number of rotatable bonds is 5. The van der Waals surface area contributed by atoms with Gasteiger partial charge >= 0.3 is 0 Å². The van der Waals surface area contributed by atoms with Crippen molar-refractivity contribution in [3.05, 3.63) is 72.1 Å². The molecule has 25 heavy (non-hydrogen) atoms. The van der Waals surface area contributed by atoms with Crippen molar-refractivity contribution in [3.63, 3.8) is 0 Å². The van der Waals surface area contributed by atoms with Gasteiger partial charge in [-0.05, 0) is 55.0 Å². The fourth-order valence-electron chi connectivity index (χ4n) is 3.23. The van der Waals surface area contributed by atoms with Gasteiger partial charge in [-0.3, -0.25) is 0 Å². The summed E-state index contributed by atoms with van der Waals surface area (Å²) in [6.45, 7) is 5.88. The molecule has 0 aliphatic carbocycles. The van der Waals surface area contributed by atoms with Gasteiger partial charge in [-0.1, -0.05) is 36.4 Å². The Kier molecular flexibility index (Phi) is 4.14. The highest BCUT2D eigenvalue weighted by Crippen LogP contribution is 2.25. The number of ether oxygens (including phenoxy) is 1. The second-order valence-corrected chi connectivity index (χ2v) is 6.54. The Morgan fingerprint density at radius 2 is 1.76 bits per heavy atom. The minimum atomic E-state index is 0.693. The predicted octanol–water partition coefficient (Wildman–Crippen LogP) is 5.28.